The van der Waals surface area contributed by atoms with E-state index in [-0.39, 0.29) is 17.6 Å². The van der Waals surface area contributed by atoms with Crippen LogP contribution in [-0.4, -0.2) is 18.9 Å². The molecule has 4 rings (SSSR count). The highest BCUT2D eigenvalue weighted by atomic mass is 16.3. The van der Waals surface area contributed by atoms with Crippen molar-refractivity contribution in [2.45, 2.75) is 6.92 Å². The second kappa shape index (κ2) is 6.61. The normalized spacial score (nSPS) is 10.9. The minimum Gasteiger partial charge on any atom is -0.450 e. The first-order valence-electron chi connectivity index (χ1n) is 8.63. The van der Waals surface area contributed by atoms with Gasteiger partial charge in [0, 0.05) is 23.4 Å². The minimum absolute atomic E-state index is 0.244. The Balaban J connectivity index is 1.77. The largest absolute Gasteiger partial charge is 0.450 e. The van der Waals surface area contributed by atoms with E-state index >= 15 is 0 Å². The van der Waals surface area contributed by atoms with Crippen LogP contribution in [0, 0.1) is 6.92 Å². The van der Waals surface area contributed by atoms with Gasteiger partial charge in [-0.3, -0.25) is 9.59 Å². The number of nitrogens with one attached hydrogen (secondary N) is 2. The zero-order valence-electron chi connectivity index (χ0n) is 15.0. The summed E-state index contributed by atoms with van der Waals surface area (Å²) >= 11 is 0. The number of para-hydroxylation sites is 1. The Morgan fingerprint density at radius 2 is 1.59 bits per heavy atom. The average molecular weight is 358 g/mol. The number of fused-ring (bicyclic) bond motifs is 3. The van der Waals surface area contributed by atoms with Crippen molar-refractivity contribution in [3.63, 3.8) is 0 Å². The summed E-state index contributed by atoms with van der Waals surface area (Å²) in [5.41, 5.74) is 2.29. The molecule has 0 saturated heterocycles. The van der Waals surface area contributed by atoms with E-state index in [0.29, 0.717) is 16.8 Å². The summed E-state index contributed by atoms with van der Waals surface area (Å²) in [6.45, 7) is 1.86. The molecule has 0 radical (unpaired) electrons. The molecule has 0 saturated carbocycles. The molecule has 5 heteroatoms. The lowest BCUT2D eigenvalue weighted by Crippen LogP contribution is -2.21. The van der Waals surface area contributed by atoms with Crippen molar-refractivity contribution in [1.29, 1.82) is 0 Å². The molecule has 0 aliphatic carbocycles. The van der Waals surface area contributed by atoms with Gasteiger partial charge >= 0.3 is 0 Å². The fraction of sp³-hybridized carbons (Fsp3) is 0.0909. The van der Waals surface area contributed by atoms with Crippen LogP contribution in [0.2, 0.25) is 0 Å². The highest BCUT2D eigenvalue weighted by Gasteiger charge is 2.20. The Kier molecular flexibility index (Phi) is 4.12. The molecule has 0 aliphatic heterocycles. The average Bonchev–Trinajstić information content (AvgIpc) is 3.05. The molecular weight excluding hydrogens is 340 g/mol. The maximum Gasteiger partial charge on any atom is 0.291 e. The van der Waals surface area contributed by atoms with Gasteiger partial charge in [-0.05, 0) is 24.4 Å². The highest BCUT2D eigenvalue weighted by Crippen LogP contribution is 2.32. The molecule has 2 N–H and O–H groups in total. The molecule has 0 aliphatic rings. The van der Waals surface area contributed by atoms with E-state index in [1.807, 2.05) is 43.3 Å². The van der Waals surface area contributed by atoms with Crippen LogP contribution >= 0.6 is 0 Å². The molecule has 2 amide bonds. The lowest BCUT2D eigenvalue weighted by molar-refractivity contribution is 0.0964. The Morgan fingerprint density at radius 1 is 0.852 bits per heavy atom. The second-order valence-corrected chi connectivity index (χ2v) is 6.30. The van der Waals surface area contributed by atoms with Gasteiger partial charge < -0.3 is 15.1 Å². The SMILES string of the molecule is CNC(=O)c1ccccc1NC(=O)c1oc2c(ccc3ccccc32)c1C. The molecule has 27 heavy (non-hydrogen) atoms. The first kappa shape index (κ1) is 16.8. The van der Waals surface area contributed by atoms with Crippen molar-refractivity contribution in [2.24, 2.45) is 0 Å². The lowest BCUT2D eigenvalue weighted by atomic mass is 10.1. The van der Waals surface area contributed by atoms with Crippen LogP contribution in [-0.2, 0) is 0 Å². The van der Waals surface area contributed by atoms with E-state index < -0.39 is 0 Å². The van der Waals surface area contributed by atoms with Gasteiger partial charge in [0.1, 0.15) is 5.58 Å². The zero-order chi connectivity index (χ0) is 19.0. The molecule has 0 atom stereocenters. The van der Waals surface area contributed by atoms with Crippen molar-refractivity contribution >= 4 is 39.2 Å². The molecule has 1 heterocycles. The molecule has 0 unspecified atom stereocenters. The van der Waals surface area contributed by atoms with Gasteiger partial charge in [0.2, 0.25) is 0 Å². The number of rotatable bonds is 3. The van der Waals surface area contributed by atoms with E-state index in [4.69, 9.17) is 4.42 Å². The van der Waals surface area contributed by atoms with Crippen LogP contribution in [0.1, 0.15) is 26.5 Å². The van der Waals surface area contributed by atoms with Crippen molar-refractivity contribution < 1.29 is 14.0 Å². The van der Waals surface area contributed by atoms with E-state index in [9.17, 15) is 9.59 Å². The topological polar surface area (TPSA) is 71.3 Å². The van der Waals surface area contributed by atoms with E-state index in [0.717, 1.165) is 21.7 Å². The number of anilines is 1. The molecular formula is C22H18N2O3. The van der Waals surface area contributed by atoms with Crippen molar-refractivity contribution in [2.75, 3.05) is 12.4 Å². The predicted octanol–water partition coefficient (Wildman–Crippen LogP) is 4.51. The highest BCUT2D eigenvalue weighted by molar-refractivity contribution is 6.13. The van der Waals surface area contributed by atoms with Gasteiger partial charge in [-0.1, -0.05) is 48.5 Å². The van der Waals surface area contributed by atoms with Crippen molar-refractivity contribution in [3.05, 3.63) is 77.6 Å². The van der Waals surface area contributed by atoms with E-state index in [2.05, 4.69) is 10.6 Å². The van der Waals surface area contributed by atoms with Crippen LogP contribution in [0.4, 0.5) is 5.69 Å². The number of benzene rings is 3. The summed E-state index contributed by atoms with van der Waals surface area (Å²) in [5, 5.41) is 8.29. The summed E-state index contributed by atoms with van der Waals surface area (Å²) < 4.78 is 5.96. The third-order valence-electron chi connectivity index (χ3n) is 4.68. The first-order chi connectivity index (χ1) is 13.1. The molecule has 5 nitrogen and oxygen atoms in total. The Hall–Kier alpha value is -3.60. The molecule has 134 valence electrons. The summed E-state index contributed by atoms with van der Waals surface area (Å²) in [5.74, 6) is -0.407. The van der Waals surface area contributed by atoms with E-state index in [1.54, 1.807) is 31.3 Å². The number of furan rings is 1. The van der Waals surface area contributed by atoms with Gasteiger partial charge in [0.15, 0.2) is 5.76 Å². The number of hydrogen-bond acceptors (Lipinski definition) is 3. The maximum atomic E-state index is 12.9. The number of amides is 2. The van der Waals surface area contributed by atoms with Crippen molar-refractivity contribution in [3.8, 4) is 0 Å². The van der Waals surface area contributed by atoms with Gasteiger partial charge in [0.25, 0.3) is 11.8 Å². The summed E-state index contributed by atoms with van der Waals surface area (Å²) in [6, 6.07) is 18.7. The third-order valence-corrected chi connectivity index (χ3v) is 4.68. The van der Waals surface area contributed by atoms with Gasteiger partial charge in [-0.25, -0.2) is 0 Å². The maximum absolute atomic E-state index is 12.9. The Bertz CT molecular complexity index is 1190. The van der Waals surface area contributed by atoms with Crippen LogP contribution in [0.5, 0.6) is 0 Å². The van der Waals surface area contributed by atoms with Gasteiger partial charge in [-0.15, -0.1) is 0 Å². The molecule has 0 fully saturated rings. The Labute approximate surface area is 156 Å². The zero-order valence-corrected chi connectivity index (χ0v) is 15.0. The summed E-state index contributed by atoms with van der Waals surface area (Å²) in [4.78, 5) is 24.9. The van der Waals surface area contributed by atoms with Crippen molar-refractivity contribution in [1.82, 2.24) is 5.32 Å². The number of carbonyl (C=O) groups excluding carboxylic acids is 2. The predicted molar refractivity (Wildman–Crippen MR) is 106 cm³/mol. The third kappa shape index (κ3) is 2.83. The smallest absolute Gasteiger partial charge is 0.291 e. The van der Waals surface area contributed by atoms with E-state index in [1.165, 1.54) is 0 Å². The summed E-state index contributed by atoms with van der Waals surface area (Å²) in [7, 11) is 1.55. The molecule has 3 aromatic carbocycles. The molecule has 1 aromatic heterocycles. The van der Waals surface area contributed by atoms with Crippen LogP contribution in [0.3, 0.4) is 0 Å². The molecule has 0 spiro atoms. The summed E-state index contributed by atoms with van der Waals surface area (Å²) in [6.07, 6.45) is 0. The molecule has 4 aromatic rings. The number of carbonyl (C=O) groups is 2. The second-order valence-electron chi connectivity index (χ2n) is 6.30. The van der Waals surface area contributed by atoms with Crippen LogP contribution in [0.25, 0.3) is 21.7 Å². The quantitative estimate of drug-likeness (QED) is 0.566. The standard InChI is InChI=1S/C22H18N2O3/c1-13-15-12-11-14-7-3-4-8-16(14)20(15)27-19(13)22(26)24-18-10-6-5-9-17(18)21(25)23-2/h3-12H,1-2H3,(H,23,25)(H,24,26). The molecule has 0 bridgehead atoms. The van der Waals surface area contributed by atoms with Crippen LogP contribution < -0.4 is 10.6 Å². The number of hydrogen-bond donors (Lipinski definition) is 2. The fourth-order valence-electron chi connectivity index (χ4n) is 3.27. The fourth-order valence-corrected chi connectivity index (χ4v) is 3.27. The minimum atomic E-state index is -0.385. The van der Waals surface area contributed by atoms with Crippen LogP contribution in [0.15, 0.2) is 65.1 Å². The Morgan fingerprint density at radius 3 is 2.41 bits per heavy atom. The monoisotopic (exact) mass is 358 g/mol. The van der Waals surface area contributed by atoms with Gasteiger partial charge in [-0.2, -0.15) is 0 Å². The number of aryl methyl sites for hydroxylation is 1. The first-order valence-corrected chi connectivity index (χ1v) is 8.63. The van der Waals surface area contributed by atoms with Gasteiger partial charge in [0.05, 0.1) is 11.3 Å². The lowest BCUT2D eigenvalue weighted by Gasteiger charge is -2.09.